The summed E-state index contributed by atoms with van der Waals surface area (Å²) < 4.78 is 36.6. The van der Waals surface area contributed by atoms with Gasteiger partial charge in [0.25, 0.3) is 5.69 Å². The normalized spacial score (nSPS) is 11.4. The van der Waals surface area contributed by atoms with Gasteiger partial charge in [-0.2, -0.15) is 0 Å². The molecular weight excluding hydrogens is 198 g/mol. The van der Waals surface area contributed by atoms with Crippen molar-refractivity contribution in [3.05, 3.63) is 33.9 Å². The van der Waals surface area contributed by atoms with E-state index in [1.165, 1.54) is 6.92 Å². The highest BCUT2D eigenvalue weighted by Gasteiger charge is 2.27. The van der Waals surface area contributed by atoms with Crippen LogP contribution >= 0.6 is 0 Å². The Hall–Kier alpha value is -1.53. The standard InChI is InChI=1S/C7H6BF3NO2/c1-5-2-3-6(8(9,10)11)4-7(5)12(13)14/h2-4H,1H3/q-1. The van der Waals surface area contributed by atoms with Crippen LogP contribution in [0.4, 0.5) is 18.6 Å². The van der Waals surface area contributed by atoms with E-state index in [1.807, 2.05) is 0 Å². The van der Waals surface area contributed by atoms with Gasteiger partial charge in [-0.1, -0.05) is 12.1 Å². The molecule has 0 aromatic heterocycles. The minimum atomic E-state index is -5.17. The molecule has 14 heavy (non-hydrogen) atoms. The predicted molar refractivity (Wildman–Crippen MR) is 46.5 cm³/mol. The molecule has 3 nitrogen and oxygen atoms in total. The Balaban J connectivity index is 3.27. The summed E-state index contributed by atoms with van der Waals surface area (Å²) in [5.74, 6) is 0. The zero-order valence-corrected chi connectivity index (χ0v) is 7.21. The molecule has 0 saturated heterocycles. The van der Waals surface area contributed by atoms with Crippen LogP contribution in [-0.4, -0.2) is 11.9 Å². The van der Waals surface area contributed by atoms with E-state index in [2.05, 4.69) is 0 Å². The van der Waals surface area contributed by atoms with Gasteiger partial charge in [0, 0.05) is 5.56 Å². The van der Waals surface area contributed by atoms with E-state index >= 15 is 0 Å². The Morgan fingerprint density at radius 2 is 1.93 bits per heavy atom. The summed E-state index contributed by atoms with van der Waals surface area (Å²) in [6, 6.07) is 2.51. The van der Waals surface area contributed by atoms with Crippen LogP contribution in [0.1, 0.15) is 5.56 Å². The van der Waals surface area contributed by atoms with Crippen LogP contribution in [0.25, 0.3) is 0 Å². The van der Waals surface area contributed by atoms with Crippen LogP contribution in [0, 0.1) is 17.0 Å². The highest BCUT2D eigenvalue weighted by Crippen LogP contribution is 2.18. The summed E-state index contributed by atoms with van der Waals surface area (Å²) in [7, 11) is 0. The smallest absolute Gasteiger partial charge is 0.445 e. The lowest BCUT2D eigenvalue weighted by Gasteiger charge is -2.14. The average molecular weight is 204 g/mol. The fourth-order valence-corrected chi connectivity index (χ4v) is 1.03. The van der Waals surface area contributed by atoms with Crippen molar-refractivity contribution in [2.24, 2.45) is 0 Å². The Bertz CT molecular complexity index is 378. The van der Waals surface area contributed by atoms with Crippen LogP contribution in [-0.2, 0) is 0 Å². The number of nitro benzene ring substituents is 1. The van der Waals surface area contributed by atoms with Gasteiger partial charge in [-0.15, -0.1) is 5.46 Å². The van der Waals surface area contributed by atoms with Crippen molar-refractivity contribution < 1.29 is 17.9 Å². The lowest BCUT2D eigenvalue weighted by molar-refractivity contribution is -0.385. The maximum absolute atomic E-state index is 12.2. The molecule has 7 heteroatoms. The first-order valence-corrected chi connectivity index (χ1v) is 3.77. The summed E-state index contributed by atoms with van der Waals surface area (Å²) in [5, 5.41) is 10.3. The monoisotopic (exact) mass is 204 g/mol. The van der Waals surface area contributed by atoms with Crippen LogP contribution < -0.4 is 5.46 Å². The molecule has 76 valence electrons. The molecule has 0 aliphatic heterocycles. The van der Waals surface area contributed by atoms with Crippen LogP contribution in [0.3, 0.4) is 0 Å². The summed E-state index contributed by atoms with van der Waals surface area (Å²) in [5.41, 5.74) is -1.22. The number of benzene rings is 1. The summed E-state index contributed by atoms with van der Waals surface area (Å²) >= 11 is 0. The number of rotatable bonds is 2. The Kier molecular flexibility index (Phi) is 2.50. The van der Waals surface area contributed by atoms with Gasteiger partial charge in [-0.25, -0.2) is 0 Å². The first kappa shape index (κ1) is 10.6. The molecule has 0 saturated carbocycles. The van der Waals surface area contributed by atoms with Crippen molar-refractivity contribution in [3.8, 4) is 0 Å². The number of aryl methyl sites for hydroxylation is 1. The number of hydrogen-bond donors (Lipinski definition) is 0. The number of hydrogen-bond acceptors (Lipinski definition) is 2. The zero-order chi connectivity index (χ0) is 10.9. The van der Waals surface area contributed by atoms with Crippen LogP contribution in [0.2, 0.25) is 0 Å². The van der Waals surface area contributed by atoms with E-state index in [4.69, 9.17) is 0 Å². The second kappa shape index (κ2) is 3.32. The van der Waals surface area contributed by atoms with Gasteiger partial charge < -0.3 is 12.9 Å². The molecule has 0 unspecified atom stereocenters. The Labute approximate surface area is 77.8 Å². The van der Waals surface area contributed by atoms with E-state index in [-0.39, 0.29) is 5.56 Å². The maximum atomic E-state index is 12.2. The SMILES string of the molecule is Cc1ccc([B-](F)(F)F)cc1[N+](=O)[O-]. The fourth-order valence-electron chi connectivity index (χ4n) is 1.03. The first-order chi connectivity index (χ1) is 6.32. The summed E-state index contributed by atoms with van der Waals surface area (Å²) in [4.78, 5) is 9.53. The molecule has 0 N–H and O–H groups in total. The third-order valence-electron chi connectivity index (χ3n) is 1.81. The van der Waals surface area contributed by atoms with Crippen molar-refractivity contribution in [2.75, 3.05) is 0 Å². The summed E-state index contributed by atoms with van der Waals surface area (Å²) in [6.45, 7) is -3.78. The minimum absolute atomic E-state index is 0.221. The lowest BCUT2D eigenvalue weighted by atomic mass is 9.79. The highest BCUT2D eigenvalue weighted by atomic mass is 19.4. The molecule has 0 spiro atoms. The molecule has 0 amide bonds. The van der Waals surface area contributed by atoms with Gasteiger partial charge in [0.15, 0.2) is 0 Å². The lowest BCUT2D eigenvalue weighted by Crippen LogP contribution is -2.34. The number of nitro groups is 1. The highest BCUT2D eigenvalue weighted by molar-refractivity contribution is 6.73. The number of nitrogens with zero attached hydrogens (tertiary/aromatic N) is 1. The topological polar surface area (TPSA) is 43.1 Å². The van der Waals surface area contributed by atoms with E-state index in [9.17, 15) is 23.1 Å². The third kappa shape index (κ3) is 2.04. The van der Waals surface area contributed by atoms with Crippen LogP contribution in [0.5, 0.6) is 0 Å². The van der Waals surface area contributed by atoms with Gasteiger partial charge in [-0.3, -0.25) is 10.1 Å². The van der Waals surface area contributed by atoms with Crippen LogP contribution in [0.15, 0.2) is 18.2 Å². The Morgan fingerprint density at radius 3 is 2.36 bits per heavy atom. The molecular formula is C7H6BF3NO2-. The van der Waals surface area contributed by atoms with E-state index < -0.39 is 23.1 Å². The number of halogens is 3. The van der Waals surface area contributed by atoms with Gasteiger partial charge in [0.1, 0.15) is 0 Å². The van der Waals surface area contributed by atoms with Crippen molar-refractivity contribution >= 4 is 18.1 Å². The van der Waals surface area contributed by atoms with E-state index in [0.29, 0.717) is 6.07 Å². The average Bonchev–Trinajstić information content (AvgIpc) is 2.02. The molecule has 0 aliphatic carbocycles. The molecule has 0 bridgehead atoms. The molecule has 0 radical (unpaired) electrons. The van der Waals surface area contributed by atoms with Gasteiger partial charge in [0.2, 0.25) is 0 Å². The fraction of sp³-hybridized carbons (Fsp3) is 0.143. The van der Waals surface area contributed by atoms with Gasteiger partial charge in [0.05, 0.1) is 4.92 Å². The van der Waals surface area contributed by atoms with Crippen molar-refractivity contribution in [1.29, 1.82) is 0 Å². The molecule has 0 heterocycles. The molecule has 1 rings (SSSR count). The third-order valence-corrected chi connectivity index (χ3v) is 1.81. The van der Waals surface area contributed by atoms with Gasteiger partial charge >= 0.3 is 6.98 Å². The molecule has 0 fully saturated rings. The van der Waals surface area contributed by atoms with Crippen molar-refractivity contribution in [3.63, 3.8) is 0 Å². The zero-order valence-electron chi connectivity index (χ0n) is 7.21. The van der Waals surface area contributed by atoms with Gasteiger partial charge in [-0.05, 0) is 13.0 Å². The second-order valence-electron chi connectivity index (χ2n) is 2.88. The quantitative estimate of drug-likeness (QED) is 0.419. The molecule has 1 aromatic rings. The molecule has 1 aromatic carbocycles. The van der Waals surface area contributed by atoms with Crippen molar-refractivity contribution in [2.45, 2.75) is 6.92 Å². The molecule has 0 aliphatic rings. The first-order valence-electron chi connectivity index (χ1n) is 3.77. The molecule has 0 atom stereocenters. The Morgan fingerprint density at radius 1 is 1.36 bits per heavy atom. The second-order valence-corrected chi connectivity index (χ2v) is 2.88. The van der Waals surface area contributed by atoms with E-state index in [1.54, 1.807) is 0 Å². The largest absolute Gasteiger partial charge is 0.509 e. The summed E-state index contributed by atoms with van der Waals surface area (Å²) in [6.07, 6.45) is 0. The van der Waals surface area contributed by atoms with Crippen molar-refractivity contribution in [1.82, 2.24) is 0 Å². The predicted octanol–water partition coefficient (Wildman–Crippen LogP) is 1.96. The maximum Gasteiger partial charge on any atom is 0.509 e. The minimum Gasteiger partial charge on any atom is -0.445 e. The van der Waals surface area contributed by atoms with E-state index in [0.717, 1.165) is 12.1 Å².